The van der Waals surface area contributed by atoms with E-state index in [4.69, 9.17) is 14.2 Å². The van der Waals surface area contributed by atoms with Gasteiger partial charge in [0.25, 0.3) is 0 Å². The van der Waals surface area contributed by atoms with Gasteiger partial charge < -0.3 is 19.1 Å². The Labute approximate surface area is 257 Å². The van der Waals surface area contributed by atoms with E-state index < -0.39 is 41.3 Å². The zero-order valence-corrected chi connectivity index (χ0v) is 27.2. The monoisotopic (exact) mass is 595 g/mol. The predicted octanol–water partition coefficient (Wildman–Crippen LogP) is 7.77. The van der Waals surface area contributed by atoms with Crippen LogP contribution in [0.3, 0.4) is 0 Å². The van der Waals surface area contributed by atoms with E-state index >= 15 is 4.39 Å². The average molecular weight is 596 g/mol. The highest BCUT2D eigenvalue weighted by Gasteiger charge is 2.60. The molecule has 43 heavy (non-hydrogen) atoms. The lowest BCUT2D eigenvalue weighted by Crippen LogP contribution is -2.49. The third-order valence-electron chi connectivity index (χ3n) is 9.14. The molecule has 0 radical (unpaired) electrons. The first-order valence-electron chi connectivity index (χ1n) is 15.8. The van der Waals surface area contributed by atoms with Gasteiger partial charge in [0.1, 0.15) is 17.6 Å². The number of hydrogen-bond acceptors (Lipinski definition) is 5. The van der Waals surface area contributed by atoms with E-state index in [-0.39, 0.29) is 30.5 Å². The Morgan fingerprint density at radius 1 is 0.977 bits per heavy atom. The molecule has 0 N–H and O–H groups in total. The fourth-order valence-corrected chi connectivity index (χ4v) is 6.95. The maximum atomic E-state index is 15.7. The topological polar surface area (TPSA) is 65.1 Å². The third kappa shape index (κ3) is 7.08. The first-order valence-corrected chi connectivity index (χ1v) is 15.8. The molecule has 2 aromatic carbocycles. The standard InChI is InChI=1S/C36H50FNO5/c1-9-42-34(40)31-29(36(5,6)7)32(43-22-24-21-25(35(2,3)4)19-20-28(24)41-8)30(26-17-13-14-18-27(26)37)38(31)33(39)23-15-11-10-12-16-23/h13-14,17-21,23,29-32H,9-12,15-16,22H2,1-8H3/t29-,30+,31+,32+/m1/s1. The molecule has 1 aliphatic carbocycles. The molecule has 2 fully saturated rings. The predicted molar refractivity (Wildman–Crippen MR) is 166 cm³/mol. The molecule has 4 rings (SSSR count). The molecular weight excluding hydrogens is 545 g/mol. The van der Waals surface area contributed by atoms with Crippen LogP contribution in [0, 0.1) is 23.1 Å². The molecule has 0 aromatic heterocycles. The van der Waals surface area contributed by atoms with Crippen molar-refractivity contribution in [2.24, 2.45) is 17.3 Å². The van der Waals surface area contributed by atoms with Crippen molar-refractivity contribution in [3.8, 4) is 5.75 Å². The summed E-state index contributed by atoms with van der Waals surface area (Å²) in [5.41, 5.74) is 1.78. The summed E-state index contributed by atoms with van der Waals surface area (Å²) in [6.07, 6.45) is 3.86. The van der Waals surface area contributed by atoms with Crippen molar-refractivity contribution in [3.63, 3.8) is 0 Å². The molecule has 0 spiro atoms. The van der Waals surface area contributed by atoms with Crippen molar-refractivity contribution in [2.45, 2.75) is 111 Å². The van der Waals surface area contributed by atoms with E-state index in [1.54, 1.807) is 37.1 Å². The second-order valence-corrected chi connectivity index (χ2v) is 14.2. The van der Waals surface area contributed by atoms with Crippen LogP contribution in [0.25, 0.3) is 0 Å². The van der Waals surface area contributed by atoms with Crippen molar-refractivity contribution in [2.75, 3.05) is 13.7 Å². The molecule has 2 aliphatic rings. The van der Waals surface area contributed by atoms with Crippen molar-refractivity contribution < 1.29 is 28.2 Å². The smallest absolute Gasteiger partial charge is 0.329 e. The van der Waals surface area contributed by atoms with Crippen LogP contribution in [-0.2, 0) is 31.1 Å². The number of amides is 1. The van der Waals surface area contributed by atoms with E-state index in [0.717, 1.165) is 43.2 Å². The van der Waals surface area contributed by atoms with Gasteiger partial charge in [-0.3, -0.25) is 4.79 Å². The summed E-state index contributed by atoms with van der Waals surface area (Å²) in [4.78, 5) is 30.0. The minimum Gasteiger partial charge on any atom is -0.496 e. The number of rotatable bonds is 8. The number of carbonyl (C=O) groups is 2. The van der Waals surface area contributed by atoms with Gasteiger partial charge >= 0.3 is 5.97 Å². The molecule has 1 amide bonds. The number of likely N-dealkylation sites (tertiary alicyclic amines) is 1. The first kappa shape index (κ1) is 33.0. The Kier molecular flexibility index (Phi) is 10.3. The number of ether oxygens (including phenoxy) is 3. The van der Waals surface area contributed by atoms with Crippen molar-refractivity contribution in [3.05, 3.63) is 65.0 Å². The maximum Gasteiger partial charge on any atom is 0.329 e. The summed E-state index contributed by atoms with van der Waals surface area (Å²) in [6.45, 7) is 14.7. The lowest BCUT2D eigenvalue weighted by Gasteiger charge is -2.36. The van der Waals surface area contributed by atoms with Crippen LogP contribution < -0.4 is 4.74 Å². The molecule has 7 heteroatoms. The summed E-state index contributed by atoms with van der Waals surface area (Å²) in [5, 5.41) is 0. The van der Waals surface area contributed by atoms with Gasteiger partial charge in [0.15, 0.2) is 0 Å². The maximum absolute atomic E-state index is 15.7. The van der Waals surface area contributed by atoms with Gasteiger partial charge in [0.05, 0.1) is 32.5 Å². The Hall–Kier alpha value is -2.93. The van der Waals surface area contributed by atoms with Gasteiger partial charge in [0.2, 0.25) is 5.91 Å². The summed E-state index contributed by atoms with van der Waals surface area (Å²) >= 11 is 0. The third-order valence-corrected chi connectivity index (χ3v) is 9.14. The van der Waals surface area contributed by atoms with Crippen LogP contribution in [0.4, 0.5) is 4.39 Å². The molecule has 1 aliphatic heterocycles. The molecule has 0 unspecified atom stereocenters. The van der Waals surface area contributed by atoms with E-state index in [9.17, 15) is 9.59 Å². The summed E-state index contributed by atoms with van der Waals surface area (Å²) in [6, 6.07) is 10.9. The minimum atomic E-state index is -0.910. The highest BCUT2D eigenvalue weighted by molar-refractivity contribution is 5.88. The Balaban J connectivity index is 1.87. The molecule has 4 atom stereocenters. The summed E-state index contributed by atoms with van der Waals surface area (Å²) in [7, 11) is 1.63. The van der Waals surface area contributed by atoms with Gasteiger partial charge in [0, 0.05) is 23.0 Å². The summed E-state index contributed by atoms with van der Waals surface area (Å²) in [5.74, 6) is -0.988. The van der Waals surface area contributed by atoms with Gasteiger partial charge in [-0.1, -0.05) is 85.1 Å². The molecule has 236 valence electrons. The van der Waals surface area contributed by atoms with Gasteiger partial charge in [-0.05, 0) is 54.4 Å². The fraction of sp³-hybridized carbons (Fsp3) is 0.611. The number of nitrogens with zero attached hydrogens (tertiary/aromatic N) is 1. The molecule has 1 saturated heterocycles. The lowest BCUT2D eigenvalue weighted by molar-refractivity contribution is -0.158. The molecule has 1 heterocycles. The quantitative estimate of drug-likeness (QED) is 0.292. The van der Waals surface area contributed by atoms with Crippen LogP contribution in [0.5, 0.6) is 5.75 Å². The van der Waals surface area contributed by atoms with E-state index in [1.807, 2.05) is 26.8 Å². The highest BCUT2D eigenvalue weighted by atomic mass is 19.1. The Morgan fingerprint density at radius 2 is 1.65 bits per heavy atom. The molecule has 2 aromatic rings. The summed E-state index contributed by atoms with van der Waals surface area (Å²) < 4.78 is 33.9. The average Bonchev–Trinajstić information content (AvgIpc) is 3.31. The van der Waals surface area contributed by atoms with Crippen molar-refractivity contribution in [1.82, 2.24) is 4.90 Å². The SMILES string of the molecule is CCOC(=O)[C@@H]1[C@@H](C(C)(C)C)[C@H](OCc2cc(C(C)(C)C)ccc2OC)[C@H](c2ccccc2F)N1C(=O)C1CCCCC1. The lowest BCUT2D eigenvalue weighted by atomic mass is 9.73. The second kappa shape index (κ2) is 13.4. The number of benzene rings is 2. The molecule has 1 saturated carbocycles. The van der Waals surface area contributed by atoms with Crippen molar-refractivity contribution in [1.29, 1.82) is 0 Å². The van der Waals surface area contributed by atoms with Crippen LogP contribution in [0.15, 0.2) is 42.5 Å². The number of esters is 1. The van der Waals surface area contributed by atoms with Crippen LogP contribution in [0.2, 0.25) is 0 Å². The number of halogens is 1. The normalized spacial score (nSPS) is 23.3. The largest absolute Gasteiger partial charge is 0.496 e. The Bertz CT molecular complexity index is 1270. The number of methoxy groups -OCH3 is 1. The molecular formula is C36H50FNO5. The minimum absolute atomic E-state index is 0.0871. The van der Waals surface area contributed by atoms with Crippen LogP contribution in [0.1, 0.15) is 103 Å². The van der Waals surface area contributed by atoms with Gasteiger partial charge in [-0.2, -0.15) is 0 Å². The zero-order valence-electron chi connectivity index (χ0n) is 27.2. The van der Waals surface area contributed by atoms with Crippen LogP contribution >= 0.6 is 0 Å². The molecule has 0 bridgehead atoms. The van der Waals surface area contributed by atoms with Crippen LogP contribution in [-0.4, -0.2) is 42.6 Å². The van der Waals surface area contributed by atoms with E-state index in [2.05, 4.69) is 32.9 Å². The van der Waals surface area contributed by atoms with Gasteiger partial charge in [-0.15, -0.1) is 0 Å². The second-order valence-electron chi connectivity index (χ2n) is 14.2. The highest BCUT2D eigenvalue weighted by Crippen LogP contribution is 2.51. The van der Waals surface area contributed by atoms with E-state index in [1.165, 1.54) is 6.07 Å². The van der Waals surface area contributed by atoms with E-state index in [0.29, 0.717) is 11.3 Å². The Morgan fingerprint density at radius 3 is 2.23 bits per heavy atom. The van der Waals surface area contributed by atoms with Gasteiger partial charge in [-0.25, -0.2) is 9.18 Å². The first-order chi connectivity index (χ1) is 20.3. The molecule has 6 nitrogen and oxygen atoms in total. The number of hydrogen-bond donors (Lipinski definition) is 0. The fourth-order valence-electron chi connectivity index (χ4n) is 6.95. The zero-order chi connectivity index (χ0) is 31.5. The van der Waals surface area contributed by atoms with Crippen molar-refractivity contribution >= 4 is 11.9 Å². The number of carbonyl (C=O) groups excluding carboxylic acids is 2.